The summed E-state index contributed by atoms with van der Waals surface area (Å²) in [5.41, 5.74) is 5.31. The second kappa shape index (κ2) is 12.2. The Hall–Kier alpha value is -3.76. The zero-order valence-electron chi connectivity index (χ0n) is 24.0. The van der Waals surface area contributed by atoms with Crippen LogP contribution in [0.4, 0.5) is 5.69 Å². The van der Waals surface area contributed by atoms with Crippen LogP contribution in [0.15, 0.2) is 77.6 Å². The molecule has 2 aliphatic rings. The number of H-pyrrole nitrogens is 1. The number of nitrogens with zero attached hydrogens (tertiary/aromatic N) is 2. The number of fused-ring (bicyclic) bond motifs is 1. The van der Waals surface area contributed by atoms with E-state index in [2.05, 4.69) is 22.1 Å². The average molecular weight is 571 g/mol. The number of aliphatic hydroxyl groups excluding tert-OH is 1. The van der Waals surface area contributed by atoms with Gasteiger partial charge in [-0.05, 0) is 48.2 Å². The van der Waals surface area contributed by atoms with E-state index in [9.17, 15) is 14.7 Å². The number of anilines is 1. The second-order valence-corrected chi connectivity index (χ2v) is 11.5. The zero-order chi connectivity index (χ0) is 29.2. The summed E-state index contributed by atoms with van der Waals surface area (Å²) in [6, 6.07) is 23.5. The standard InChI is InChI=1S/C33H38N4O5/c1-21-30(19-36-17-15-27(16-18-36)37-29-6-4-3-5-28(29)35-33(37)40)41-32(25-11-13-26(14-12-25)34-22(2)39)42-31(21)24-9-7-23(20-38)8-10-24/h3-14,21,27,30-32,38H,15-20H2,1-2H3,(H,34,39)(H,35,40). The van der Waals surface area contributed by atoms with Crippen molar-refractivity contribution < 1.29 is 19.4 Å². The number of carbonyl (C=O) groups is 1. The topological polar surface area (TPSA) is 109 Å². The van der Waals surface area contributed by atoms with Gasteiger partial charge in [-0.15, -0.1) is 0 Å². The Bertz CT molecular complexity index is 1570. The van der Waals surface area contributed by atoms with Crippen molar-refractivity contribution in [1.82, 2.24) is 14.5 Å². The Balaban J connectivity index is 1.19. The zero-order valence-corrected chi connectivity index (χ0v) is 24.0. The number of rotatable bonds is 7. The number of aromatic nitrogens is 2. The molecule has 3 N–H and O–H groups in total. The molecule has 3 aromatic carbocycles. The molecule has 6 rings (SSSR count). The number of para-hydroxylation sites is 2. The first kappa shape index (κ1) is 28.4. The van der Waals surface area contributed by atoms with Gasteiger partial charge in [0.25, 0.3) is 0 Å². The van der Waals surface area contributed by atoms with Gasteiger partial charge in [0.05, 0.1) is 29.8 Å². The van der Waals surface area contributed by atoms with Crippen molar-refractivity contribution in [2.24, 2.45) is 5.92 Å². The van der Waals surface area contributed by atoms with Crippen LogP contribution in [0.5, 0.6) is 0 Å². The molecule has 9 heteroatoms. The number of carbonyl (C=O) groups excluding carboxylic acids is 1. The fraction of sp³-hybridized carbons (Fsp3) is 0.394. The van der Waals surface area contributed by atoms with Gasteiger partial charge in [0.2, 0.25) is 5.91 Å². The van der Waals surface area contributed by atoms with Crippen LogP contribution in [-0.4, -0.2) is 51.2 Å². The fourth-order valence-corrected chi connectivity index (χ4v) is 6.31. The molecule has 2 fully saturated rings. The highest BCUT2D eigenvalue weighted by Gasteiger charge is 2.39. The summed E-state index contributed by atoms with van der Waals surface area (Å²) < 4.78 is 15.1. The third kappa shape index (κ3) is 5.91. The molecule has 2 aliphatic heterocycles. The molecular weight excluding hydrogens is 532 g/mol. The minimum Gasteiger partial charge on any atom is -0.392 e. The van der Waals surface area contributed by atoms with Crippen LogP contribution in [0.1, 0.15) is 61.8 Å². The Labute approximate surface area is 245 Å². The number of piperidine rings is 1. The Kier molecular flexibility index (Phi) is 8.26. The second-order valence-electron chi connectivity index (χ2n) is 11.5. The quantitative estimate of drug-likeness (QED) is 0.291. The van der Waals surface area contributed by atoms with Crippen molar-refractivity contribution in [3.63, 3.8) is 0 Å². The number of nitrogens with one attached hydrogen (secondary N) is 2. The third-order valence-corrected chi connectivity index (χ3v) is 8.61. The predicted molar refractivity (Wildman–Crippen MR) is 161 cm³/mol. The van der Waals surface area contributed by atoms with Crippen molar-refractivity contribution in [3.05, 3.63) is 100.0 Å². The molecule has 0 radical (unpaired) electrons. The number of hydrogen-bond acceptors (Lipinski definition) is 6. The molecule has 0 saturated carbocycles. The monoisotopic (exact) mass is 570 g/mol. The normalized spacial score (nSPS) is 23.7. The first-order chi connectivity index (χ1) is 20.4. The smallest absolute Gasteiger partial charge is 0.326 e. The molecule has 4 atom stereocenters. The maximum Gasteiger partial charge on any atom is 0.326 e. The lowest BCUT2D eigenvalue weighted by Crippen LogP contribution is -2.47. The summed E-state index contributed by atoms with van der Waals surface area (Å²) in [4.78, 5) is 29.7. The molecule has 0 aliphatic carbocycles. The van der Waals surface area contributed by atoms with E-state index in [-0.39, 0.29) is 42.4 Å². The molecule has 4 unspecified atom stereocenters. The Morgan fingerprint density at radius 1 is 0.976 bits per heavy atom. The van der Waals surface area contributed by atoms with E-state index in [1.165, 1.54) is 6.92 Å². The molecule has 9 nitrogen and oxygen atoms in total. The van der Waals surface area contributed by atoms with Crippen molar-refractivity contribution in [3.8, 4) is 0 Å². The molecule has 4 aromatic rings. The molecule has 3 heterocycles. The molecular formula is C33H38N4O5. The number of hydrogen-bond donors (Lipinski definition) is 3. The summed E-state index contributed by atoms with van der Waals surface area (Å²) in [7, 11) is 0. The van der Waals surface area contributed by atoms with Crippen LogP contribution >= 0.6 is 0 Å². The molecule has 2 saturated heterocycles. The molecule has 1 aromatic heterocycles. The van der Waals surface area contributed by atoms with Crippen LogP contribution in [0.3, 0.4) is 0 Å². The maximum atomic E-state index is 12.8. The highest BCUT2D eigenvalue weighted by molar-refractivity contribution is 5.88. The molecule has 1 amide bonds. The van der Waals surface area contributed by atoms with Gasteiger partial charge in [0, 0.05) is 49.8 Å². The third-order valence-electron chi connectivity index (χ3n) is 8.61. The average Bonchev–Trinajstić information content (AvgIpc) is 3.34. The van der Waals surface area contributed by atoms with Crippen molar-refractivity contribution in [2.45, 2.75) is 57.8 Å². The summed E-state index contributed by atoms with van der Waals surface area (Å²) >= 11 is 0. The van der Waals surface area contributed by atoms with Crippen LogP contribution in [0.25, 0.3) is 11.0 Å². The van der Waals surface area contributed by atoms with Crippen molar-refractivity contribution >= 4 is 22.6 Å². The van der Waals surface area contributed by atoms with Gasteiger partial charge in [0.15, 0.2) is 6.29 Å². The minimum absolute atomic E-state index is 0.00298. The number of aliphatic hydroxyl groups is 1. The van der Waals surface area contributed by atoms with Gasteiger partial charge in [-0.25, -0.2) is 4.79 Å². The lowest BCUT2D eigenvalue weighted by atomic mass is 9.89. The molecule has 0 spiro atoms. The minimum atomic E-state index is -0.567. The fourth-order valence-electron chi connectivity index (χ4n) is 6.31. The Morgan fingerprint density at radius 3 is 2.36 bits per heavy atom. The van der Waals surface area contributed by atoms with Gasteiger partial charge in [-0.2, -0.15) is 0 Å². The van der Waals surface area contributed by atoms with E-state index in [1.807, 2.05) is 77.4 Å². The molecule has 42 heavy (non-hydrogen) atoms. The number of likely N-dealkylation sites (tertiary alicyclic amines) is 1. The Morgan fingerprint density at radius 2 is 1.67 bits per heavy atom. The number of ether oxygens (including phenoxy) is 2. The lowest BCUT2D eigenvalue weighted by Gasteiger charge is -2.44. The number of amides is 1. The molecule has 220 valence electrons. The van der Waals surface area contributed by atoms with Crippen LogP contribution in [0.2, 0.25) is 0 Å². The van der Waals surface area contributed by atoms with E-state index in [1.54, 1.807) is 0 Å². The highest BCUT2D eigenvalue weighted by atomic mass is 16.7. The largest absolute Gasteiger partial charge is 0.392 e. The van der Waals surface area contributed by atoms with E-state index in [4.69, 9.17) is 9.47 Å². The summed E-state index contributed by atoms with van der Waals surface area (Å²) in [6.07, 6.45) is 0.925. The van der Waals surface area contributed by atoms with Crippen molar-refractivity contribution in [2.75, 3.05) is 25.0 Å². The first-order valence-electron chi connectivity index (χ1n) is 14.7. The highest BCUT2D eigenvalue weighted by Crippen LogP contribution is 2.42. The summed E-state index contributed by atoms with van der Waals surface area (Å²) in [5.74, 6) is -0.0413. The molecule has 0 bridgehead atoms. The summed E-state index contributed by atoms with van der Waals surface area (Å²) in [5, 5.41) is 12.3. The van der Waals surface area contributed by atoms with E-state index < -0.39 is 6.29 Å². The first-order valence-corrected chi connectivity index (χ1v) is 14.7. The summed E-state index contributed by atoms with van der Waals surface area (Å²) in [6.45, 7) is 6.15. The number of imidazole rings is 1. The van der Waals surface area contributed by atoms with Gasteiger partial charge in [-0.3, -0.25) is 9.36 Å². The van der Waals surface area contributed by atoms with E-state index >= 15 is 0 Å². The number of benzene rings is 3. The van der Waals surface area contributed by atoms with Gasteiger partial charge in [-0.1, -0.05) is 55.5 Å². The van der Waals surface area contributed by atoms with E-state index in [0.717, 1.165) is 65.9 Å². The van der Waals surface area contributed by atoms with Crippen LogP contribution in [0, 0.1) is 5.92 Å². The van der Waals surface area contributed by atoms with Gasteiger partial charge in [0.1, 0.15) is 0 Å². The van der Waals surface area contributed by atoms with Crippen LogP contribution < -0.4 is 11.0 Å². The number of aromatic amines is 1. The van der Waals surface area contributed by atoms with Gasteiger partial charge < -0.3 is 29.8 Å². The SMILES string of the molecule is CC(=O)Nc1ccc(C2OC(CN3CCC(n4c(=O)[nH]c5ccccc54)CC3)C(C)C(c3ccc(CO)cc3)O2)cc1. The van der Waals surface area contributed by atoms with E-state index in [0.29, 0.717) is 0 Å². The maximum absolute atomic E-state index is 12.8. The van der Waals surface area contributed by atoms with Crippen molar-refractivity contribution in [1.29, 1.82) is 0 Å². The predicted octanol–water partition coefficient (Wildman–Crippen LogP) is 4.91. The van der Waals surface area contributed by atoms with Crippen LogP contribution in [-0.2, 0) is 20.9 Å². The lowest BCUT2D eigenvalue weighted by molar-refractivity contribution is -0.276. The van der Waals surface area contributed by atoms with Gasteiger partial charge >= 0.3 is 5.69 Å².